The van der Waals surface area contributed by atoms with Crippen LogP contribution in [0.5, 0.6) is 11.5 Å². The molecule has 1 aromatic carbocycles. The highest BCUT2D eigenvalue weighted by Crippen LogP contribution is 2.41. The summed E-state index contributed by atoms with van der Waals surface area (Å²) in [4.78, 5) is 5.00. The van der Waals surface area contributed by atoms with Crippen LogP contribution in [0.4, 0.5) is 5.69 Å². The molecule has 0 aliphatic heterocycles. The first-order valence-electron chi connectivity index (χ1n) is 8.31. The fraction of sp³-hybridized carbons (Fsp3) is 0.278. The van der Waals surface area contributed by atoms with Crippen molar-refractivity contribution in [2.24, 2.45) is 0 Å². The van der Waals surface area contributed by atoms with Gasteiger partial charge in [-0.05, 0) is 37.1 Å². The number of hydrogen-bond acceptors (Lipinski definition) is 7. The molecule has 142 valence electrons. The number of ether oxygens (including phenoxy) is 2. The Balaban J connectivity index is 1.58. The smallest absolute Gasteiger partial charge is 0.271 e. The fourth-order valence-corrected chi connectivity index (χ4v) is 4.92. The number of rotatable bonds is 7. The zero-order valence-corrected chi connectivity index (χ0v) is 16.4. The van der Waals surface area contributed by atoms with Crippen LogP contribution in [-0.4, -0.2) is 27.6 Å². The number of benzene rings is 1. The van der Waals surface area contributed by atoms with E-state index < -0.39 is 10.0 Å². The molecule has 0 atom stereocenters. The van der Waals surface area contributed by atoms with Gasteiger partial charge in [-0.15, -0.1) is 11.3 Å². The minimum Gasteiger partial charge on any atom is -0.497 e. The minimum absolute atomic E-state index is 0.180. The van der Waals surface area contributed by atoms with E-state index in [2.05, 4.69) is 9.71 Å². The van der Waals surface area contributed by atoms with Gasteiger partial charge in [0.1, 0.15) is 15.7 Å². The van der Waals surface area contributed by atoms with Crippen LogP contribution in [0.25, 0.3) is 10.6 Å². The third kappa shape index (κ3) is 3.65. The van der Waals surface area contributed by atoms with E-state index in [-0.39, 0.29) is 4.21 Å². The van der Waals surface area contributed by atoms with E-state index in [1.165, 1.54) is 14.2 Å². The molecule has 0 radical (unpaired) electrons. The van der Waals surface area contributed by atoms with Crippen LogP contribution in [0.3, 0.4) is 0 Å². The molecule has 9 heteroatoms. The first-order chi connectivity index (χ1) is 13.0. The summed E-state index contributed by atoms with van der Waals surface area (Å²) in [6.07, 6.45) is 3.84. The van der Waals surface area contributed by atoms with Gasteiger partial charge in [0.15, 0.2) is 11.7 Å². The SMILES string of the molecule is COc1ccc(NS(=O)(=O)c2ccc(-c3cnc(C4CC4)o3)s2)c(OC)c1. The van der Waals surface area contributed by atoms with Crippen LogP contribution in [0.15, 0.2) is 45.2 Å². The van der Waals surface area contributed by atoms with Gasteiger partial charge in [0.25, 0.3) is 10.0 Å². The highest BCUT2D eigenvalue weighted by Gasteiger charge is 2.29. The number of nitrogens with one attached hydrogen (secondary N) is 1. The predicted octanol–water partition coefficient (Wildman–Crippen LogP) is 4.10. The number of thiophene rings is 1. The Bertz CT molecular complexity index is 1070. The molecule has 1 fully saturated rings. The van der Waals surface area contributed by atoms with E-state index in [4.69, 9.17) is 13.9 Å². The Morgan fingerprint density at radius 2 is 2.00 bits per heavy atom. The molecule has 7 nitrogen and oxygen atoms in total. The van der Waals surface area contributed by atoms with Crippen molar-refractivity contribution in [1.82, 2.24) is 4.98 Å². The van der Waals surface area contributed by atoms with Gasteiger partial charge in [0, 0.05) is 12.0 Å². The first-order valence-corrected chi connectivity index (χ1v) is 10.6. The van der Waals surface area contributed by atoms with Crippen molar-refractivity contribution in [2.45, 2.75) is 23.0 Å². The molecule has 2 aromatic heterocycles. The molecule has 0 amide bonds. The average molecular weight is 406 g/mol. The van der Waals surface area contributed by atoms with Crippen LogP contribution >= 0.6 is 11.3 Å². The standard InChI is InChI=1S/C18H18N2O5S2/c1-23-12-5-6-13(14(9-12)24-2)20-27(21,22)17-8-7-16(26-17)15-10-19-18(25-15)11-3-4-11/h5-11,20H,3-4H2,1-2H3. The Morgan fingerprint density at radius 1 is 1.19 bits per heavy atom. The number of oxazole rings is 1. The Labute approximate surface area is 161 Å². The summed E-state index contributed by atoms with van der Waals surface area (Å²) in [6.45, 7) is 0. The maximum atomic E-state index is 12.8. The van der Waals surface area contributed by atoms with E-state index in [0.29, 0.717) is 28.9 Å². The molecule has 1 aliphatic carbocycles. The Morgan fingerprint density at radius 3 is 2.70 bits per heavy atom. The zero-order valence-electron chi connectivity index (χ0n) is 14.8. The van der Waals surface area contributed by atoms with Gasteiger partial charge in [0.05, 0.1) is 31.0 Å². The van der Waals surface area contributed by atoms with Crippen LogP contribution in [0, 0.1) is 0 Å². The van der Waals surface area contributed by atoms with E-state index in [1.54, 1.807) is 36.5 Å². The maximum absolute atomic E-state index is 12.8. The second kappa shape index (κ2) is 6.90. The third-order valence-corrected chi connectivity index (χ3v) is 7.15. The maximum Gasteiger partial charge on any atom is 0.271 e. The quantitative estimate of drug-likeness (QED) is 0.635. The lowest BCUT2D eigenvalue weighted by Crippen LogP contribution is -2.12. The van der Waals surface area contributed by atoms with Gasteiger partial charge in [-0.1, -0.05) is 0 Å². The normalized spacial score (nSPS) is 14.1. The second-order valence-electron chi connectivity index (χ2n) is 6.13. The molecule has 3 aromatic rings. The number of methoxy groups -OCH3 is 2. The van der Waals surface area contributed by atoms with Crippen LogP contribution < -0.4 is 14.2 Å². The van der Waals surface area contributed by atoms with Gasteiger partial charge in [-0.25, -0.2) is 13.4 Å². The summed E-state index contributed by atoms with van der Waals surface area (Å²) in [5.41, 5.74) is 0.337. The molecule has 1 saturated carbocycles. The lowest BCUT2D eigenvalue weighted by Gasteiger charge is -2.12. The first kappa shape index (κ1) is 17.9. The van der Waals surface area contributed by atoms with Crippen molar-refractivity contribution < 1.29 is 22.3 Å². The molecule has 1 N–H and O–H groups in total. The van der Waals surface area contributed by atoms with Crippen LogP contribution in [0.2, 0.25) is 0 Å². The summed E-state index contributed by atoms with van der Waals surface area (Å²) < 4.78 is 44.4. The van der Waals surface area contributed by atoms with Gasteiger partial charge in [-0.3, -0.25) is 4.72 Å². The highest BCUT2D eigenvalue weighted by molar-refractivity contribution is 7.94. The predicted molar refractivity (Wildman–Crippen MR) is 102 cm³/mol. The lowest BCUT2D eigenvalue weighted by atomic mass is 10.3. The number of nitrogens with zero attached hydrogens (tertiary/aromatic N) is 1. The van der Waals surface area contributed by atoms with E-state index >= 15 is 0 Å². The van der Waals surface area contributed by atoms with Crippen molar-refractivity contribution in [2.75, 3.05) is 18.9 Å². The van der Waals surface area contributed by atoms with Crippen molar-refractivity contribution in [3.63, 3.8) is 0 Å². The van der Waals surface area contributed by atoms with Gasteiger partial charge in [-0.2, -0.15) is 0 Å². The van der Waals surface area contributed by atoms with E-state index in [9.17, 15) is 8.42 Å². The minimum atomic E-state index is -3.76. The Hall–Kier alpha value is -2.52. The van der Waals surface area contributed by atoms with Crippen molar-refractivity contribution in [3.8, 4) is 22.1 Å². The van der Waals surface area contributed by atoms with E-state index in [0.717, 1.165) is 34.9 Å². The van der Waals surface area contributed by atoms with E-state index in [1.807, 2.05) is 0 Å². The molecule has 0 saturated heterocycles. The average Bonchev–Trinajstić information content (AvgIpc) is 3.19. The van der Waals surface area contributed by atoms with Gasteiger partial charge in [0.2, 0.25) is 0 Å². The van der Waals surface area contributed by atoms with Crippen molar-refractivity contribution in [1.29, 1.82) is 0 Å². The largest absolute Gasteiger partial charge is 0.497 e. The molecule has 2 heterocycles. The molecule has 1 aliphatic rings. The van der Waals surface area contributed by atoms with Crippen molar-refractivity contribution >= 4 is 27.0 Å². The number of sulfonamides is 1. The number of anilines is 1. The molecule has 27 heavy (non-hydrogen) atoms. The molecular weight excluding hydrogens is 388 g/mol. The third-order valence-electron chi connectivity index (χ3n) is 4.19. The highest BCUT2D eigenvalue weighted by atomic mass is 32.2. The fourth-order valence-electron chi connectivity index (χ4n) is 2.60. The molecule has 0 bridgehead atoms. The number of aromatic nitrogens is 1. The summed E-state index contributed by atoms with van der Waals surface area (Å²) in [7, 11) is -0.763. The summed E-state index contributed by atoms with van der Waals surface area (Å²) >= 11 is 1.13. The van der Waals surface area contributed by atoms with Crippen LogP contribution in [0.1, 0.15) is 24.7 Å². The zero-order chi connectivity index (χ0) is 19.0. The monoisotopic (exact) mass is 406 g/mol. The summed E-state index contributed by atoms with van der Waals surface area (Å²) in [5.74, 6) is 2.67. The van der Waals surface area contributed by atoms with Gasteiger partial charge < -0.3 is 13.9 Å². The Kier molecular flexibility index (Phi) is 4.56. The lowest BCUT2D eigenvalue weighted by molar-refractivity contribution is 0.395. The van der Waals surface area contributed by atoms with Crippen molar-refractivity contribution in [3.05, 3.63) is 42.4 Å². The summed E-state index contributed by atoms with van der Waals surface area (Å²) in [6, 6.07) is 8.15. The molecule has 0 unspecified atom stereocenters. The van der Waals surface area contributed by atoms with Gasteiger partial charge >= 0.3 is 0 Å². The molecule has 4 rings (SSSR count). The second-order valence-corrected chi connectivity index (χ2v) is 9.12. The van der Waals surface area contributed by atoms with Crippen LogP contribution in [-0.2, 0) is 10.0 Å². The molecule has 0 spiro atoms. The molecular formula is C18H18N2O5S2. The summed E-state index contributed by atoms with van der Waals surface area (Å²) in [5, 5.41) is 0. The number of hydrogen-bond donors (Lipinski definition) is 1. The topological polar surface area (TPSA) is 90.7 Å².